The number of hydrogen-bond acceptors (Lipinski definition) is 3. The third-order valence-electron chi connectivity index (χ3n) is 3.75. The van der Waals surface area contributed by atoms with Crippen LogP contribution >= 0.6 is 0 Å². The van der Waals surface area contributed by atoms with Crippen LogP contribution in [-0.2, 0) is 6.54 Å². The Kier molecular flexibility index (Phi) is 5.23. The molecule has 3 nitrogen and oxygen atoms in total. The molecule has 1 saturated heterocycles. The summed E-state index contributed by atoms with van der Waals surface area (Å²) in [5, 5.41) is 0. The van der Waals surface area contributed by atoms with Crippen LogP contribution in [0.1, 0.15) is 50.3 Å². The Morgan fingerprint density at radius 3 is 2.63 bits per heavy atom. The van der Waals surface area contributed by atoms with E-state index in [1.54, 1.807) is 0 Å². The number of hydrogen-bond donors (Lipinski definition) is 1. The van der Waals surface area contributed by atoms with Gasteiger partial charge in [0.1, 0.15) is 5.75 Å². The molecule has 106 valence electrons. The lowest BCUT2D eigenvalue weighted by atomic mass is 10.0. The minimum atomic E-state index is 0.0794. The van der Waals surface area contributed by atoms with Crippen molar-refractivity contribution >= 4 is 0 Å². The number of rotatable bonds is 5. The molecule has 1 heterocycles. The highest BCUT2D eigenvalue weighted by molar-refractivity contribution is 5.38. The largest absolute Gasteiger partial charge is 0.494 e. The van der Waals surface area contributed by atoms with Gasteiger partial charge in [0.05, 0.1) is 6.61 Å². The van der Waals surface area contributed by atoms with E-state index in [0.29, 0.717) is 6.61 Å². The van der Waals surface area contributed by atoms with Crippen LogP contribution in [0.4, 0.5) is 0 Å². The molecule has 2 rings (SSSR count). The molecular weight excluding hydrogens is 236 g/mol. The van der Waals surface area contributed by atoms with Gasteiger partial charge in [-0.2, -0.15) is 0 Å². The zero-order valence-corrected chi connectivity index (χ0v) is 12.2. The predicted molar refractivity (Wildman–Crippen MR) is 79.3 cm³/mol. The summed E-state index contributed by atoms with van der Waals surface area (Å²) in [6.45, 7) is 8.16. The van der Waals surface area contributed by atoms with Crippen LogP contribution in [0.25, 0.3) is 0 Å². The zero-order valence-electron chi connectivity index (χ0n) is 12.2. The van der Waals surface area contributed by atoms with Gasteiger partial charge in [-0.25, -0.2) is 0 Å². The standard InChI is InChI=1S/C16H26N2O/c1-3-19-16-8-7-14(13(2)17)11-15(16)12-18-9-5-4-6-10-18/h7-8,11,13H,3-6,9-10,12,17H2,1-2H3. The Bertz CT molecular complexity index is 398. The van der Waals surface area contributed by atoms with Crippen LogP contribution in [0.15, 0.2) is 18.2 Å². The molecule has 0 radical (unpaired) electrons. The van der Waals surface area contributed by atoms with E-state index in [0.717, 1.165) is 12.3 Å². The molecule has 19 heavy (non-hydrogen) atoms. The molecule has 1 fully saturated rings. The fraction of sp³-hybridized carbons (Fsp3) is 0.625. The van der Waals surface area contributed by atoms with E-state index < -0.39 is 0 Å². The molecule has 0 amide bonds. The van der Waals surface area contributed by atoms with E-state index in [1.165, 1.54) is 43.5 Å². The van der Waals surface area contributed by atoms with Crippen molar-refractivity contribution in [2.45, 2.75) is 45.7 Å². The van der Waals surface area contributed by atoms with Crippen LogP contribution < -0.4 is 10.5 Å². The Morgan fingerprint density at radius 2 is 2.00 bits per heavy atom. The van der Waals surface area contributed by atoms with Crippen molar-refractivity contribution < 1.29 is 4.74 Å². The van der Waals surface area contributed by atoms with Gasteiger partial charge in [-0.3, -0.25) is 4.90 Å². The van der Waals surface area contributed by atoms with Crippen LogP contribution in [-0.4, -0.2) is 24.6 Å². The van der Waals surface area contributed by atoms with E-state index >= 15 is 0 Å². The summed E-state index contributed by atoms with van der Waals surface area (Å²) in [6, 6.07) is 6.44. The number of nitrogens with two attached hydrogens (primary N) is 1. The maximum absolute atomic E-state index is 5.99. The molecule has 0 bridgehead atoms. The molecule has 1 aliphatic heterocycles. The Hall–Kier alpha value is -1.06. The lowest BCUT2D eigenvalue weighted by Gasteiger charge is -2.27. The summed E-state index contributed by atoms with van der Waals surface area (Å²) in [6.07, 6.45) is 4.00. The number of ether oxygens (including phenoxy) is 1. The first-order valence-electron chi connectivity index (χ1n) is 7.44. The van der Waals surface area contributed by atoms with Crippen molar-refractivity contribution in [1.82, 2.24) is 4.90 Å². The Morgan fingerprint density at radius 1 is 1.26 bits per heavy atom. The lowest BCUT2D eigenvalue weighted by Crippen LogP contribution is -2.29. The fourth-order valence-corrected chi connectivity index (χ4v) is 2.66. The van der Waals surface area contributed by atoms with Crippen molar-refractivity contribution in [3.8, 4) is 5.75 Å². The normalized spacial score (nSPS) is 18.3. The van der Waals surface area contributed by atoms with E-state index in [2.05, 4.69) is 23.1 Å². The first kappa shape index (κ1) is 14.4. The van der Waals surface area contributed by atoms with Crippen molar-refractivity contribution in [3.05, 3.63) is 29.3 Å². The molecule has 1 atom stereocenters. The van der Waals surface area contributed by atoms with E-state index in [1.807, 2.05) is 13.8 Å². The quantitative estimate of drug-likeness (QED) is 0.886. The molecule has 1 aromatic carbocycles. The summed E-state index contributed by atoms with van der Waals surface area (Å²) in [5.74, 6) is 1.01. The van der Waals surface area contributed by atoms with Gasteiger partial charge in [-0.05, 0) is 57.5 Å². The van der Waals surface area contributed by atoms with Crippen molar-refractivity contribution in [2.24, 2.45) is 5.73 Å². The average molecular weight is 262 g/mol. The van der Waals surface area contributed by atoms with Gasteiger partial charge in [0.2, 0.25) is 0 Å². The number of piperidine rings is 1. The maximum Gasteiger partial charge on any atom is 0.123 e. The molecule has 0 aromatic heterocycles. The van der Waals surface area contributed by atoms with Gasteiger partial charge in [0, 0.05) is 18.2 Å². The van der Waals surface area contributed by atoms with E-state index in [9.17, 15) is 0 Å². The SMILES string of the molecule is CCOc1ccc(C(C)N)cc1CN1CCCCC1. The molecule has 0 saturated carbocycles. The minimum absolute atomic E-state index is 0.0794. The molecule has 0 spiro atoms. The molecule has 1 aromatic rings. The summed E-state index contributed by atoms with van der Waals surface area (Å²) < 4.78 is 5.75. The second kappa shape index (κ2) is 6.92. The van der Waals surface area contributed by atoms with Crippen molar-refractivity contribution in [2.75, 3.05) is 19.7 Å². The van der Waals surface area contributed by atoms with Gasteiger partial charge in [-0.1, -0.05) is 12.5 Å². The second-order valence-electron chi connectivity index (χ2n) is 5.43. The highest BCUT2D eigenvalue weighted by Crippen LogP contribution is 2.25. The number of benzene rings is 1. The molecule has 3 heteroatoms. The van der Waals surface area contributed by atoms with Crippen molar-refractivity contribution in [1.29, 1.82) is 0 Å². The molecular formula is C16H26N2O. The zero-order chi connectivity index (χ0) is 13.7. The Balaban J connectivity index is 2.15. The molecule has 1 unspecified atom stereocenters. The summed E-state index contributed by atoms with van der Waals surface area (Å²) in [5.41, 5.74) is 8.45. The monoisotopic (exact) mass is 262 g/mol. The highest BCUT2D eigenvalue weighted by Gasteiger charge is 2.14. The highest BCUT2D eigenvalue weighted by atomic mass is 16.5. The van der Waals surface area contributed by atoms with E-state index in [-0.39, 0.29) is 6.04 Å². The fourth-order valence-electron chi connectivity index (χ4n) is 2.66. The first-order valence-corrected chi connectivity index (χ1v) is 7.44. The van der Waals surface area contributed by atoms with Crippen molar-refractivity contribution in [3.63, 3.8) is 0 Å². The molecule has 2 N–H and O–H groups in total. The number of nitrogens with zero attached hydrogens (tertiary/aromatic N) is 1. The maximum atomic E-state index is 5.99. The third kappa shape index (κ3) is 3.95. The van der Waals surface area contributed by atoms with Crippen LogP contribution in [0.3, 0.4) is 0 Å². The molecule has 0 aliphatic carbocycles. The smallest absolute Gasteiger partial charge is 0.123 e. The Labute approximate surface area is 116 Å². The van der Waals surface area contributed by atoms with Gasteiger partial charge in [0.15, 0.2) is 0 Å². The second-order valence-corrected chi connectivity index (χ2v) is 5.43. The van der Waals surface area contributed by atoms with Gasteiger partial charge in [-0.15, -0.1) is 0 Å². The summed E-state index contributed by atoms with van der Waals surface area (Å²) in [4.78, 5) is 2.52. The predicted octanol–water partition coefficient (Wildman–Crippen LogP) is 3.09. The summed E-state index contributed by atoms with van der Waals surface area (Å²) >= 11 is 0. The van der Waals surface area contributed by atoms with Crippen LogP contribution in [0.2, 0.25) is 0 Å². The first-order chi connectivity index (χ1) is 9.20. The summed E-state index contributed by atoms with van der Waals surface area (Å²) in [7, 11) is 0. The number of likely N-dealkylation sites (tertiary alicyclic amines) is 1. The van der Waals surface area contributed by atoms with Gasteiger partial charge < -0.3 is 10.5 Å². The molecule has 1 aliphatic rings. The third-order valence-corrected chi connectivity index (χ3v) is 3.75. The van der Waals surface area contributed by atoms with Crippen LogP contribution in [0, 0.1) is 0 Å². The lowest BCUT2D eigenvalue weighted by molar-refractivity contribution is 0.216. The van der Waals surface area contributed by atoms with Gasteiger partial charge in [0.25, 0.3) is 0 Å². The van der Waals surface area contributed by atoms with Gasteiger partial charge >= 0.3 is 0 Å². The van der Waals surface area contributed by atoms with Crippen LogP contribution in [0.5, 0.6) is 5.75 Å². The average Bonchev–Trinajstić information content (AvgIpc) is 2.42. The minimum Gasteiger partial charge on any atom is -0.494 e. The topological polar surface area (TPSA) is 38.5 Å². The van der Waals surface area contributed by atoms with E-state index in [4.69, 9.17) is 10.5 Å².